The van der Waals surface area contributed by atoms with Crippen LogP contribution in [0.25, 0.3) is 0 Å². The molecule has 1 aromatic heterocycles. The highest BCUT2D eigenvalue weighted by molar-refractivity contribution is 7.99. The number of carbonyl (C=O) groups is 2. The van der Waals surface area contributed by atoms with Crippen molar-refractivity contribution in [2.24, 2.45) is 0 Å². The normalized spacial score (nSPS) is 15.2. The highest BCUT2D eigenvalue weighted by atomic mass is 32.2. The average Bonchev–Trinajstić information content (AvgIpc) is 3.21. The molecule has 32 heavy (non-hydrogen) atoms. The largest absolute Gasteiger partial charge is 0.444 e. The van der Waals surface area contributed by atoms with Crippen LogP contribution in [0.5, 0.6) is 0 Å². The summed E-state index contributed by atoms with van der Waals surface area (Å²) in [6.45, 7) is 5.86. The SMILES string of the molecule is CC(C)(C)OC(=O)Nc1cc(NC(=O)c2cc(S(=O)(=O)N3CCSCC3)c[nH]2)ccc1F. The van der Waals surface area contributed by atoms with Crippen molar-refractivity contribution in [1.82, 2.24) is 9.29 Å². The van der Waals surface area contributed by atoms with Gasteiger partial charge in [0.1, 0.15) is 22.0 Å². The van der Waals surface area contributed by atoms with Crippen LogP contribution in [0, 0.1) is 5.82 Å². The second-order valence-electron chi connectivity index (χ2n) is 8.04. The maximum absolute atomic E-state index is 14.1. The third kappa shape index (κ3) is 6.02. The van der Waals surface area contributed by atoms with Crippen LogP contribution in [-0.2, 0) is 14.8 Å². The van der Waals surface area contributed by atoms with Gasteiger partial charge in [-0.25, -0.2) is 17.6 Å². The van der Waals surface area contributed by atoms with Crippen LogP contribution in [0.2, 0.25) is 0 Å². The van der Waals surface area contributed by atoms with Crippen molar-refractivity contribution >= 4 is 45.2 Å². The van der Waals surface area contributed by atoms with Crippen molar-refractivity contribution in [2.45, 2.75) is 31.3 Å². The van der Waals surface area contributed by atoms with Gasteiger partial charge in [-0.2, -0.15) is 16.1 Å². The van der Waals surface area contributed by atoms with Crippen molar-refractivity contribution in [3.05, 3.63) is 42.0 Å². The summed E-state index contributed by atoms with van der Waals surface area (Å²) >= 11 is 1.69. The molecule has 0 aliphatic carbocycles. The first kappa shape index (κ1) is 24.1. The number of aromatic amines is 1. The van der Waals surface area contributed by atoms with E-state index in [2.05, 4.69) is 15.6 Å². The first-order valence-electron chi connectivity index (χ1n) is 9.83. The Labute approximate surface area is 190 Å². The monoisotopic (exact) mass is 484 g/mol. The standard InChI is InChI=1S/C20H25FN4O5S2/c1-20(2,3)30-19(27)24-16-10-13(4-5-15(16)21)23-18(26)17-11-14(12-22-17)32(28,29)25-6-8-31-9-7-25/h4-5,10-12,22H,6-9H2,1-3H3,(H,23,26)(H,24,27). The van der Waals surface area contributed by atoms with E-state index in [1.807, 2.05) is 0 Å². The summed E-state index contributed by atoms with van der Waals surface area (Å²) in [5.41, 5.74) is -0.698. The third-order valence-electron chi connectivity index (χ3n) is 4.37. The number of thioether (sulfide) groups is 1. The van der Waals surface area contributed by atoms with E-state index in [0.29, 0.717) is 13.1 Å². The molecule has 1 saturated heterocycles. The highest BCUT2D eigenvalue weighted by Gasteiger charge is 2.28. The molecule has 1 aliphatic heterocycles. The molecule has 0 spiro atoms. The number of aromatic nitrogens is 1. The maximum atomic E-state index is 14.1. The van der Waals surface area contributed by atoms with Crippen LogP contribution in [0.4, 0.5) is 20.6 Å². The number of anilines is 2. The van der Waals surface area contributed by atoms with Gasteiger partial charge in [0.25, 0.3) is 5.91 Å². The van der Waals surface area contributed by atoms with Gasteiger partial charge in [-0.05, 0) is 45.0 Å². The fourth-order valence-corrected chi connectivity index (χ4v) is 5.47. The van der Waals surface area contributed by atoms with E-state index in [9.17, 15) is 22.4 Å². The van der Waals surface area contributed by atoms with Gasteiger partial charge in [-0.15, -0.1) is 0 Å². The van der Waals surface area contributed by atoms with Crippen molar-refractivity contribution < 1.29 is 27.1 Å². The molecule has 1 aromatic carbocycles. The molecule has 0 saturated carbocycles. The van der Waals surface area contributed by atoms with Gasteiger partial charge in [0.2, 0.25) is 10.0 Å². The number of amides is 2. The lowest BCUT2D eigenvalue weighted by Crippen LogP contribution is -2.37. The number of hydrogen-bond acceptors (Lipinski definition) is 6. The molecular weight excluding hydrogens is 459 g/mol. The first-order valence-corrected chi connectivity index (χ1v) is 12.4. The molecule has 3 rings (SSSR count). The number of hydrogen-bond donors (Lipinski definition) is 3. The smallest absolute Gasteiger partial charge is 0.412 e. The second-order valence-corrected chi connectivity index (χ2v) is 11.2. The zero-order valence-electron chi connectivity index (χ0n) is 17.9. The predicted molar refractivity (Wildman–Crippen MR) is 121 cm³/mol. The van der Waals surface area contributed by atoms with Gasteiger partial charge in [-0.1, -0.05) is 0 Å². The van der Waals surface area contributed by atoms with Crippen LogP contribution in [0.3, 0.4) is 0 Å². The summed E-state index contributed by atoms with van der Waals surface area (Å²) in [6, 6.07) is 4.90. The molecule has 2 amide bonds. The quantitative estimate of drug-likeness (QED) is 0.598. The number of carbonyl (C=O) groups excluding carboxylic acids is 2. The van der Waals surface area contributed by atoms with Gasteiger partial charge in [-0.3, -0.25) is 10.1 Å². The molecule has 0 atom stereocenters. The molecule has 0 unspecified atom stereocenters. The summed E-state index contributed by atoms with van der Waals surface area (Å²) < 4.78 is 46.0. The minimum Gasteiger partial charge on any atom is -0.444 e. The Balaban J connectivity index is 1.70. The van der Waals surface area contributed by atoms with E-state index >= 15 is 0 Å². The molecule has 3 N–H and O–H groups in total. The van der Waals surface area contributed by atoms with Crippen LogP contribution in [-0.4, -0.2) is 59.9 Å². The van der Waals surface area contributed by atoms with Crippen LogP contribution >= 0.6 is 11.8 Å². The highest BCUT2D eigenvalue weighted by Crippen LogP contribution is 2.23. The molecule has 9 nitrogen and oxygen atoms in total. The molecule has 2 aromatic rings. The Kier molecular flexibility index (Phi) is 7.16. The van der Waals surface area contributed by atoms with E-state index in [0.717, 1.165) is 17.6 Å². The Morgan fingerprint density at radius 2 is 1.84 bits per heavy atom. The van der Waals surface area contributed by atoms with Crippen molar-refractivity contribution in [3.63, 3.8) is 0 Å². The second kappa shape index (κ2) is 9.51. The van der Waals surface area contributed by atoms with E-state index in [1.165, 1.54) is 28.7 Å². The summed E-state index contributed by atoms with van der Waals surface area (Å²) in [5, 5.41) is 4.85. The summed E-state index contributed by atoms with van der Waals surface area (Å²) in [5.74, 6) is 0.125. The lowest BCUT2D eigenvalue weighted by atomic mass is 10.2. The summed E-state index contributed by atoms with van der Waals surface area (Å²) in [7, 11) is -3.69. The lowest BCUT2D eigenvalue weighted by Gasteiger charge is -2.24. The van der Waals surface area contributed by atoms with Crippen LogP contribution in [0.1, 0.15) is 31.3 Å². The molecule has 2 heterocycles. The Bertz CT molecular complexity index is 1110. The van der Waals surface area contributed by atoms with E-state index in [1.54, 1.807) is 32.5 Å². The number of ether oxygens (including phenoxy) is 1. The van der Waals surface area contributed by atoms with Crippen molar-refractivity contribution in [1.29, 1.82) is 0 Å². The molecule has 0 radical (unpaired) electrons. The van der Waals surface area contributed by atoms with Crippen molar-refractivity contribution in [3.8, 4) is 0 Å². The van der Waals surface area contributed by atoms with Gasteiger partial charge in [0.15, 0.2) is 0 Å². The zero-order chi connectivity index (χ0) is 23.5. The van der Waals surface area contributed by atoms with Gasteiger partial charge in [0.05, 0.1) is 5.69 Å². The number of nitrogens with one attached hydrogen (secondary N) is 3. The van der Waals surface area contributed by atoms with Crippen LogP contribution in [0.15, 0.2) is 35.4 Å². The zero-order valence-corrected chi connectivity index (χ0v) is 19.5. The Morgan fingerprint density at radius 1 is 1.16 bits per heavy atom. The molecule has 174 valence electrons. The van der Waals surface area contributed by atoms with Gasteiger partial charge >= 0.3 is 6.09 Å². The number of nitrogens with zero attached hydrogens (tertiary/aromatic N) is 1. The Morgan fingerprint density at radius 3 is 2.50 bits per heavy atom. The lowest BCUT2D eigenvalue weighted by molar-refractivity contribution is 0.0635. The number of H-pyrrole nitrogens is 1. The van der Waals surface area contributed by atoms with Crippen molar-refractivity contribution in [2.75, 3.05) is 35.2 Å². The topological polar surface area (TPSA) is 121 Å². The third-order valence-corrected chi connectivity index (χ3v) is 7.19. The van der Waals surface area contributed by atoms with Gasteiger partial charge in [0, 0.05) is 36.5 Å². The Hall–Kier alpha value is -2.57. The molecule has 0 bridgehead atoms. The molecular formula is C20H25FN4O5S2. The number of benzene rings is 1. The summed E-state index contributed by atoms with van der Waals surface area (Å²) in [4.78, 5) is 27.2. The first-order chi connectivity index (χ1) is 15.0. The van der Waals surface area contributed by atoms with Gasteiger partial charge < -0.3 is 15.0 Å². The van der Waals surface area contributed by atoms with E-state index in [4.69, 9.17) is 4.74 Å². The van der Waals surface area contributed by atoms with E-state index in [-0.39, 0.29) is 22.0 Å². The predicted octanol–water partition coefficient (Wildman–Crippen LogP) is 3.49. The molecule has 1 fully saturated rings. The molecule has 12 heteroatoms. The number of halogens is 1. The fourth-order valence-electron chi connectivity index (χ4n) is 2.90. The number of sulfonamides is 1. The minimum absolute atomic E-state index is 0.000868. The van der Waals surface area contributed by atoms with E-state index < -0.39 is 33.4 Å². The summed E-state index contributed by atoms with van der Waals surface area (Å²) in [6.07, 6.45) is 0.432. The van der Waals surface area contributed by atoms with Crippen LogP contribution < -0.4 is 10.6 Å². The maximum Gasteiger partial charge on any atom is 0.412 e. The fraction of sp³-hybridized carbons (Fsp3) is 0.400. The number of rotatable bonds is 5. The minimum atomic E-state index is -3.69. The average molecular weight is 485 g/mol. The molecule has 1 aliphatic rings.